The van der Waals surface area contributed by atoms with E-state index in [1.54, 1.807) is 7.11 Å². The lowest BCUT2D eigenvalue weighted by atomic mass is 10.1. The van der Waals surface area contributed by atoms with E-state index in [4.69, 9.17) is 27.9 Å². The third-order valence-corrected chi connectivity index (χ3v) is 4.07. The molecule has 1 atom stereocenters. The summed E-state index contributed by atoms with van der Waals surface area (Å²) in [6.45, 7) is 4.06. The molecule has 0 aliphatic carbocycles. The number of rotatable bonds is 5. The van der Waals surface area contributed by atoms with E-state index in [0.717, 1.165) is 28.4 Å². The van der Waals surface area contributed by atoms with Crippen molar-refractivity contribution in [2.75, 3.05) is 12.4 Å². The number of anilines is 1. The Morgan fingerprint density at radius 3 is 2.38 bits per heavy atom. The van der Waals surface area contributed by atoms with Gasteiger partial charge < -0.3 is 10.1 Å². The Kier molecular flexibility index (Phi) is 5.38. The van der Waals surface area contributed by atoms with Crippen LogP contribution in [0.5, 0.6) is 5.75 Å². The number of hydrogen-bond donors (Lipinski definition) is 1. The molecule has 0 amide bonds. The average Bonchev–Trinajstić information content (AvgIpc) is 2.45. The van der Waals surface area contributed by atoms with Crippen molar-refractivity contribution in [1.29, 1.82) is 0 Å². The van der Waals surface area contributed by atoms with Crippen molar-refractivity contribution in [3.05, 3.63) is 57.6 Å². The molecule has 0 aliphatic rings. The summed E-state index contributed by atoms with van der Waals surface area (Å²) in [5, 5.41) is 4.82. The number of methoxy groups -OCH3 is 1. The highest BCUT2D eigenvalue weighted by atomic mass is 35.5. The van der Waals surface area contributed by atoms with Crippen LogP contribution in [0, 0.1) is 6.92 Å². The van der Waals surface area contributed by atoms with Crippen LogP contribution in [-0.2, 0) is 6.42 Å². The maximum Gasteiger partial charge on any atom is 0.118 e. The highest BCUT2D eigenvalue weighted by Crippen LogP contribution is 2.29. The molecule has 0 spiro atoms. The third-order valence-electron chi connectivity index (χ3n) is 3.35. The molecule has 0 radical (unpaired) electrons. The first kappa shape index (κ1) is 16.0. The molecular weight excluding hydrogens is 305 g/mol. The molecule has 2 nitrogen and oxygen atoms in total. The standard InChI is InChI=1S/C17H19Cl2NO/c1-11-8-16(19)17(10-15(11)18)20-12(2)9-13-4-6-14(21-3)7-5-13/h4-8,10,12,20H,9H2,1-3H3. The molecule has 0 saturated carbocycles. The molecule has 2 rings (SSSR count). The molecule has 0 fully saturated rings. The number of nitrogens with one attached hydrogen (secondary N) is 1. The van der Waals surface area contributed by atoms with Crippen LogP contribution in [0.1, 0.15) is 18.1 Å². The second-order valence-corrected chi connectivity index (χ2v) is 5.99. The third kappa shape index (κ3) is 4.29. The van der Waals surface area contributed by atoms with Gasteiger partial charge in [0, 0.05) is 11.1 Å². The first-order valence-corrected chi connectivity index (χ1v) is 7.60. The topological polar surface area (TPSA) is 21.3 Å². The Morgan fingerprint density at radius 1 is 1.10 bits per heavy atom. The highest BCUT2D eigenvalue weighted by molar-refractivity contribution is 6.35. The zero-order chi connectivity index (χ0) is 15.4. The monoisotopic (exact) mass is 323 g/mol. The van der Waals surface area contributed by atoms with Crippen LogP contribution in [0.3, 0.4) is 0 Å². The predicted molar refractivity (Wildman–Crippen MR) is 91.0 cm³/mol. The Labute approximate surface area is 136 Å². The van der Waals surface area contributed by atoms with E-state index in [9.17, 15) is 0 Å². The number of ether oxygens (including phenoxy) is 1. The second kappa shape index (κ2) is 7.06. The van der Waals surface area contributed by atoms with E-state index in [1.165, 1.54) is 5.56 Å². The van der Waals surface area contributed by atoms with Crippen LogP contribution in [0.2, 0.25) is 10.0 Å². The molecule has 1 unspecified atom stereocenters. The molecule has 0 aliphatic heterocycles. The quantitative estimate of drug-likeness (QED) is 0.800. The van der Waals surface area contributed by atoms with Gasteiger partial charge >= 0.3 is 0 Å². The van der Waals surface area contributed by atoms with Crippen molar-refractivity contribution >= 4 is 28.9 Å². The molecule has 0 aromatic heterocycles. The van der Waals surface area contributed by atoms with Gasteiger partial charge in [0.1, 0.15) is 5.75 Å². The van der Waals surface area contributed by atoms with Gasteiger partial charge in [0.2, 0.25) is 0 Å². The molecule has 21 heavy (non-hydrogen) atoms. The zero-order valence-electron chi connectivity index (χ0n) is 12.4. The SMILES string of the molecule is COc1ccc(CC(C)Nc2cc(Cl)c(C)cc2Cl)cc1. The summed E-state index contributed by atoms with van der Waals surface area (Å²) >= 11 is 12.4. The van der Waals surface area contributed by atoms with Crippen molar-refractivity contribution < 1.29 is 4.74 Å². The van der Waals surface area contributed by atoms with Gasteiger partial charge in [-0.1, -0.05) is 35.3 Å². The fourth-order valence-electron chi connectivity index (χ4n) is 2.19. The molecule has 4 heteroatoms. The molecule has 0 bridgehead atoms. The molecule has 112 valence electrons. The van der Waals surface area contributed by atoms with E-state index in [0.29, 0.717) is 5.02 Å². The van der Waals surface area contributed by atoms with Crippen molar-refractivity contribution in [2.24, 2.45) is 0 Å². The largest absolute Gasteiger partial charge is 0.497 e. The summed E-state index contributed by atoms with van der Waals surface area (Å²) in [6.07, 6.45) is 0.895. The summed E-state index contributed by atoms with van der Waals surface area (Å²) in [6, 6.07) is 12.1. The maximum atomic E-state index is 6.25. The van der Waals surface area contributed by atoms with Crippen LogP contribution in [-0.4, -0.2) is 13.2 Å². The van der Waals surface area contributed by atoms with Crippen LogP contribution in [0.4, 0.5) is 5.69 Å². The maximum absolute atomic E-state index is 6.25. The van der Waals surface area contributed by atoms with Gasteiger partial charge in [0.15, 0.2) is 0 Å². The fourth-order valence-corrected chi connectivity index (χ4v) is 2.62. The highest BCUT2D eigenvalue weighted by Gasteiger charge is 2.09. The second-order valence-electron chi connectivity index (χ2n) is 5.18. The summed E-state index contributed by atoms with van der Waals surface area (Å²) in [5.74, 6) is 0.868. The number of aryl methyl sites for hydroxylation is 1. The molecule has 2 aromatic carbocycles. The lowest BCUT2D eigenvalue weighted by Crippen LogP contribution is -2.18. The van der Waals surface area contributed by atoms with Gasteiger partial charge in [-0.15, -0.1) is 0 Å². The van der Waals surface area contributed by atoms with Crippen LogP contribution in [0.25, 0.3) is 0 Å². The minimum atomic E-state index is 0.245. The smallest absolute Gasteiger partial charge is 0.118 e. The minimum absolute atomic E-state index is 0.245. The van der Waals surface area contributed by atoms with Crippen molar-refractivity contribution in [1.82, 2.24) is 0 Å². The Hall–Kier alpha value is -1.38. The first-order chi connectivity index (χ1) is 9.99. The summed E-state index contributed by atoms with van der Waals surface area (Å²) in [7, 11) is 1.67. The minimum Gasteiger partial charge on any atom is -0.497 e. The Bertz CT molecular complexity index is 611. The Morgan fingerprint density at radius 2 is 1.76 bits per heavy atom. The molecule has 2 aromatic rings. The Balaban J connectivity index is 2.04. The van der Waals surface area contributed by atoms with Gasteiger partial charge in [0.05, 0.1) is 17.8 Å². The molecule has 0 saturated heterocycles. The first-order valence-electron chi connectivity index (χ1n) is 6.84. The lowest BCUT2D eigenvalue weighted by Gasteiger charge is -2.17. The number of benzene rings is 2. The van der Waals surface area contributed by atoms with Crippen LogP contribution in [0.15, 0.2) is 36.4 Å². The normalized spacial score (nSPS) is 12.0. The van der Waals surface area contributed by atoms with Crippen molar-refractivity contribution in [3.63, 3.8) is 0 Å². The summed E-state index contributed by atoms with van der Waals surface area (Å²) in [4.78, 5) is 0. The van der Waals surface area contributed by atoms with Crippen molar-refractivity contribution in [2.45, 2.75) is 26.3 Å². The predicted octanol–water partition coefficient (Wildman–Crippen LogP) is 5.35. The molecular formula is C17H19Cl2NO. The van der Waals surface area contributed by atoms with E-state index in [-0.39, 0.29) is 6.04 Å². The zero-order valence-corrected chi connectivity index (χ0v) is 13.9. The van der Waals surface area contributed by atoms with Gasteiger partial charge in [-0.3, -0.25) is 0 Å². The molecule has 0 heterocycles. The summed E-state index contributed by atoms with van der Waals surface area (Å²) in [5.41, 5.74) is 3.09. The average molecular weight is 324 g/mol. The van der Waals surface area contributed by atoms with Gasteiger partial charge in [-0.05, 0) is 55.7 Å². The van der Waals surface area contributed by atoms with E-state index in [2.05, 4.69) is 24.4 Å². The number of hydrogen-bond acceptors (Lipinski definition) is 2. The van der Waals surface area contributed by atoms with E-state index < -0.39 is 0 Å². The fraction of sp³-hybridized carbons (Fsp3) is 0.294. The lowest BCUT2D eigenvalue weighted by molar-refractivity contribution is 0.414. The van der Waals surface area contributed by atoms with E-state index >= 15 is 0 Å². The van der Waals surface area contributed by atoms with Gasteiger partial charge in [0.25, 0.3) is 0 Å². The van der Waals surface area contributed by atoms with Crippen molar-refractivity contribution in [3.8, 4) is 5.75 Å². The van der Waals surface area contributed by atoms with E-state index in [1.807, 2.05) is 31.2 Å². The summed E-state index contributed by atoms with van der Waals surface area (Å²) < 4.78 is 5.16. The van der Waals surface area contributed by atoms with Crippen LogP contribution >= 0.6 is 23.2 Å². The van der Waals surface area contributed by atoms with Gasteiger partial charge in [-0.2, -0.15) is 0 Å². The molecule has 1 N–H and O–H groups in total. The van der Waals surface area contributed by atoms with Crippen LogP contribution < -0.4 is 10.1 Å². The van der Waals surface area contributed by atoms with Gasteiger partial charge in [-0.25, -0.2) is 0 Å². The number of halogens is 2.